The number of nitrogens with one attached hydrogen (secondary N) is 1. The van der Waals surface area contributed by atoms with Crippen LogP contribution in [0.3, 0.4) is 0 Å². The molecule has 0 unspecified atom stereocenters. The van der Waals surface area contributed by atoms with Crippen molar-refractivity contribution in [1.29, 1.82) is 0 Å². The topological polar surface area (TPSA) is 69.2 Å². The van der Waals surface area contributed by atoms with Gasteiger partial charge in [-0.3, -0.25) is 4.79 Å². The summed E-state index contributed by atoms with van der Waals surface area (Å²) in [6.07, 6.45) is 0. The van der Waals surface area contributed by atoms with Crippen LogP contribution in [0.5, 0.6) is 0 Å². The highest BCUT2D eigenvalue weighted by molar-refractivity contribution is 14.1. The van der Waals surface area contributed by atoms with Crippen molar-refractivity contribution in [1.82, 2.24) is 0 Å². The van der Waals surface area contributed by atoms with E-state index in [-0.39, 0.29) is 11.1 Å². The second-order valence-electron chi connectivity index (χ2n) is 3.94. The zero-order chi connectivity index (χ0) is 14.7. The number of carbonyl (C=O) groups is 2. The van der Waals surface area contributed by atoms with Gasteiger partial charge in [0.05, 0.1) is 5.97 Å². The fourth-order valence-corrected chi connectivity index (χ4v) is 2.12. The monoisotopic (exact) mass is 384 g/mol. The normalized spacial score (nSPS) is 10.1. The lowest BCUT2D eigenvalue weighted by Crippen LogP contribution is -2.23. The quantitative estimate of drug-likeness (QED) is 0.824. The van der Waals surface area contributed by atoms with Crippen molar-refractivity contribution in [2.45, 2.75) is 0 Å². The van der Waals surface area contributed by atoms with Crippen LogP contribution in [0.2, 0.25) is 0 Å². The lowest BCUT2D eigenvalue weighted by atomic mass is 10.1. The Morgan fingerprint density at radius 1 is 1.10 bits per heavy atom. The Labute approximate surface area is 127 Å². The number of hydrogen-bond acceptors (Lipinski definition) is 3. The largest absolute Gasteiger partial charge is 0.545 e. The molecule has 1 amide bonds. The average Bonchev–Trinajstić information content (AvgIpc) is 2.41. The van der Waals surface area contributed by atoms with E-state index in [1.165, 1.54) is 30.3 Å². The number of carboxylic acid groups (broad SMARTS) is 1. The third-order valence-corrected chi connectivity index (χ3v) is 3.49. The molecule has 0 aromatic heterocycles. The third kappa shape index (κ3) is 3.32. The van der Waals surface area contributed by atoms with E-state index in [0.717, 1.165) is 0 Å². The van der Waals surface area contributed by atoms with E-state index in [1.807, 2.05) is 22.6 Å². The van der Waals surface area contributed by atoms with Gasteiger partial charge >= 0.3 is 0 Å². The molecule has 0 atom stereocenters. The summed E-state index contributed by atoms with van der Waals surface area (Å²) in [5, 5.41) is 13.4. The van der Waals surface area contributed by atoms with E-state index in [9.17, 15) is 19.1 Å². The van der Waals surface area contributed by atoms with Gasteiger partial charge < -0.3 is 15.2 Å². The molecule has 20 heavy (non-hydrogen) atoms. The SMILES string of the molecule is O=C(Nc1ccc(I)c(C(=O)[O-])c1)c1ccc(F)cc1. The second-order valence-corrected chi connectivity index (χ2v) is 5.11. The first-order valence-electron chi connectivity index (χ1n) is 5.55. The number of hydrogen-bond donors (Lipinski definition) is 1. The second kappa shape index (κ2) is 6.00. The van der Waals surface area contributed by atoms with Gasteiger partial charge in [-0.05, 0) is 65.1 Å². The fourth-order valence-electron chi connectivity index (χ4n) is 1.56. The van der Waals surface area contributed by atoms with Gasteiger partial charge in [0, 0.05) is 20.4 Å². The van der Waals surface area contributed by atoms with E-state index in [2.05, 4.69) is 5.32 Å². The maximum absolute atomic E-state index is 12.8. The number of benzene rings is 2. The molecule has 0 radical (unpaired) electrons. The molecule has 2 aromatic rings. The van der Waals surface area contributed by atoms with Crippen molar-refractivity contribution >= 4 is 40.2 Å². The van der Waals surface area contributed by atoms with Crippen LogP contribution in [0.15, 0.2) is 42.5 Å². The first-order chi connectivity index (χ1) is 9.47. The molecule has 0 aliphatic rings. The van der Waals surface area contributed by atoms with E-state index in [1.54, 1.807) is 12.1 Å². The van der Waals surface area contributed by atoms with Gasteiger partial charge in [-0.1, -0.05) is 0 Å². The number of aromatic carboxylic acids is 1. The standard InChI is InChI=1S/C14H9FINO3/c15-9-3-1-8(2-4-9)13(18)17-10-5-6-12(16)11(7-10)14(19)20/h1-7H,(H,17,18)(H,19,20)/p-1. The summed E-state index contributed by atoms with van der Waals surface area (Å²) >= 11 is 1.87. The number of halogens is 2. The number of amides is 1. The predicted molar refractivity (Wildman–Crippen MR) is 77.8 cm³/mol. The Morgan fingerprint density at radius 3 is 2.35 bits per heavy atom. The van der Waals surface area contributed by atoms with Gasteiger partial charge in [0.2, 0.25) is 0 Å². The van der Waals surface area contributed by atoms with E-state index in [4.69, 9.17) is 0 Å². The first-order valence-corrected chi connectivity index (χ1v) is 6.63. The third-order valence-electron chi connectivity index (χ3n) is 2.55. The molecule has 0 fully saturated rings. The van der Waals surface area contributed by atoms with E-state index >= 15 is 0 Å². The van der Waals surface area contributed by atoms with Gasteiger partial charge in [0.1, 0.15) is 5.82 Å². The van der Waals surface area contributed by atoms with Gasteiger partial charge in [0.25, 0.3) is 5.91 Å². The van der Waals surface area contributed by atoms with Crippen LogP contribution in [0, 0.1) is 9.39 Å². The van der Waals surface area contributed by atoms with Crippen LogP contribution >= 0.6 is 22.6 Å². The number of carbonyl (C=O) groups excluding carboxylic acids is 2. The Kier molecular flexibility index (Phi) is 4.33. The van der Waals surface area contributed by atoms with Crippen LogP contribution in [0.4, 0.5) is 10.1 Å². The number of rotatable bonds is 3. The van der Waals surface area contributed by atoms with Crippen molar-refractivity contribution in [2.75, 3.05) is 5.32 Å². The van der Waals surface area contributed by atoms with Gasteiger partial charge in [-0.2, -0.15) is 0 Å². The molecule has 1 N–H and O–H groups in total. The van der Waals surface area contributed by atoms with Crippen molar-refractivity contribution in [2.24, 2.45) is 0 Å². The van der Waals surface area contributed by atoms with Crippen LogP contribution in [-0.2, 0) is 0 Å². The molecule has 0 aliphatic heterocycles. The van der Waals surface area contributed by atoms with Crippen LogP contribution in [-0.4, -0.2) is 11.9 Å². The average molecular weight is 384 g/mol. The van der Waals surface area contributed by atoms with Crippen molar-refractivity contribution in [3.8, 4) is 0 Å². The van der Waals surface area contributed by atoms with Crippen molar-refractivity contribution < 1.29 is 19.1 Å². The Bertz CT molecular complexity index is 671. The smallest absolute Gasteiger partial charge is 0.255 e. The summed E-state index contributed by atoms with van der Waals surface area (Å²) < 4.78 is 13.3. The zero-order valence-electron chi connectivity index (χ0n) is 10.0. The highest BCUT2D eigenvalue weighted by Crippen LogP contribution is 2.18. The first kappa shape index (κ1) is 14.4. The van der Waals surface area contributed by atoms with E-state index < -0.39 is 17.7 Å². The Balaban J connectivity index is 2.21. The maximum atomic E-state index is 12.8. The molecular formula is C14H8FINO3-. The van der Waals surface area contributed by atoms with Gasteiger partial charge in [-0.15, -0.1) is 0 Å². The maximum Gasteiger partial charge on any atom is 0.255 e. The van der Waals surface area contributed by atoms with Gasteiger partial charge in [0.15, 0.2) is 0 Å². The zero-order valence-corrected chi connectivity index (χ0v) is 12.2. The molecule has 0 bridgehead atoms. The minimum atomic E-state index is -1.31. The number of anilines is 1. The molecule has 0 spiro atoms. The lowest BCUT2D eigenvalue weighted by Gasteiger charge is -2.10. The van der Waals surface area contributed by atoms with Crippen LogP contribution in [0.25, 0.3) is 0 Å². The Morgan fingerprint density at radius 2 is 1.75 bits per heavy atom. The van der Waals surface area contributed by atoms with Gasteiger partial charge in [-0.25, -0.2) is 4.39 Å². The predicted octanol–water partition coefficient (Wildman–Crippen LogP) is 2.05. The highest BCUT2D eigenvalue weighted by Gasteiger charge is 2.08. The molecule has 6 heteroatoms. The van der Waals surface area contributed by atoms with Crippen molar-refractivity contribution in [3.05, 3.63) is 63.0 Å². The van der Waals surface area contributed by atoms with Crippen molar-refractivity contribution in [3.63, 3.8) is 0 Å². The summed E-state index contributed by atoms with van der Waals surface area (Å²) in [6, 6.07) is 9.50. The molecule has 0 saturated carbocycles. The molecule has 2 rings (SSSR count). The summed E-state index contributed by atoms with van der Waals surface area (Å²) in [7, 11) is 0. The molecule has 0 heterocycles. The molecular weight excluding hydrogens is 376 g/mol. The lowest BCUT2D eigenvalue weighted by molar-refractivity contribution is -0.255. The minimum Gasteiger partial charge on any atom is -0.545 e. The van der Waals surface area contributed by atoms with Crippen LogP contribution in [0.1, 0.15) is 20.7 Å². The molecule has 4 nitrogen and oxygen atoms in total. The molecule has 0 saturated heterocycles. The Hall–Kier alpha value is -1.96. The summed E-state index contributed by atoms with van der Waals surface area (Å²) in [5.74, 6) is -2.20. The highest BCUT2D eigenvalue weighted by atomic mass is 127. The minimum absolute atomic E-state index is 0.00232. The van der Waals surface area contributed by atoms with Crippen LogP contribution < -0.4 is 10.4 Å². The van der Waals surface area contributed by atoms with E-state index in [0.29, 0.717) is 9.26 Å². The molecule has 102 valence electrons. The summed E-state index contributed by atoms with van der Waals surface area (Å²) in [6.45, 7) is 0. The number of carboxylic acids is 1. The summed E-state index contributed by atoms with van der Waals surface area (Å²) in [5.41, 5.74) is 0.612. The fraction of sp³-hybridized carbons (Fsp3) is 0. The molecule has 2 aromatic carbocycles. The summed E-state index contributed by atoms with van der Waals surface area (Å²) in [4.78, 5) is 22.8. The molecule has 0 aliphatic carbocycles.